The molecule has 10 nitrogen and oxygen atoms in total. The zero-order chi connectivity index (χ0) is 31.9. The average molecular weight is 628 g/mol. The van der Waals surface area contributed by atoms with Gasteiger partial charge in [-0.2, -0.15) is 0 Å². The molecule has 44 heavy (non-hydrogen) atoms. The van der Waals surface area contributed by atoms with Crippen LogP contribution in [0.15, 0.2) is 73.3 Å². The fourth-order valence-electron chi connectivity index (χ4n) is 4.95. The number of anilines is 2. The van der Waals surface area contributed by atoms with Crippen molar-refractivity contribution in [1.29, 1.82) is 0 Å². The minimum Gasteiger partial charge on any atom is -0.457 e. The summed E-state index contributed by atoms with van der Waals surface area (Å²) in [6.07, 6.45) is 4.69. The number of primary amides is 1. The Labute approximate surface area is 255 Å². The van der Waals surface area contributed by atoms with E-state index in [4.69, 9.17) is 10.5 Å². The van der Waals surface area contributed by atoms with E-state index >= 15 is 0 Å². The third-order valence-corrected chi connectivity index (χ3v) is 7.73. The summed E-state index contributed by atoms with van der Waals surface area (Å²) >= 11 is 0. The molecular formula is C31H35F2N5O5S. The molecule has 3 amide bonds. The van der Waals surface area contributed by atoms with Crippen molar-refractivity contribution in [2.45, 2.75) is 31.8 Å². The highest BCUT2D eigenvalue weighted by atomic mass is 32.2. The van der Waals surface area contributed by atoms with E-state index < -0.39 is 39.2 Å². The molecule has 4 N–H and O–H groups in total. The second-order valence-electron chi connectivity index (χ2n) is 10.5. The van der Waals surface area contributed by atoms with Crippen molar-refractivity contribution in [3.05, 3.63) is 96.1 Å². The maximum absolute atomic E-state index is 14.4. The van der Waals surface area contributed by atoms with Crippen molar-refractivity contribution in [3.63, 3.8) is 0 Å². The first kappa shape index (κ1) is 32.4. The highest BCUT2D eigenvalue weighted by Crippen LogP contribution is 2.26. The second kappa shape index (κ2) is 14.3. The number of halogens is 2. The average Bonchev–Trinajstić information content (AvgIpc) is 2.96. The predicted molar refractivity (Wildman–Crippen MR) is 165 cm³/mol. The highest BCUT2D eigenvalue weighted by Gasteiger charge is 2.28. The van der Waals surface area contributed by atoms with Gasteiger partial charge in [-0.1, -0.05) is 18.2 Å². The van der Waals surface area contributed by atoms with Crippen LogP contribution in [0.2, 0.25) is 0 Å². The number of amides is 3. The van der Waals surface area contributed by atoms with Gasteiger partial charge in [0.2, 0.25) is 10.0 Å². The van der Waals surface area contributed by atoms with Crippen LogP contribution in [0, 0.1) is 11.6 Å². The summed E-state index contributed by atoms with van der Waals surface area (Å²) in [7, 11) is -3.35. The molecule has 1 heterocycles. The van der Waals surface area contributed by atoms with Crippen molar-refractivity contribution in [2.75, 3.05) is 35.9 Å². The Balaban J connectivity index is 1.32. The molecule has 0 saturated carbocycles. The third kappa shape index (κ3) is 9.01. The van der Waals surface area contributed by atoms with Gasteiger partial charge in [-0.3, -0.25) is 14.4 Å². The van der Waals surface area contributed by atoms with Gasteiger partial charge >= 0.3 is 6.03 Å². The van der Waals surface area contributed by atoms with Crippen LogP contribution < -0.4 is 20.5 Å². The van der Waals surface area contributed by atoms with Crippen LogP contribution in [0.25, 0.3) is 0 Å². The molecule has 0 aliphatic carbocycles. The van der Waals surface area contributed by atoms with Crippen LogP contribution in [-0.2, 0) is 16.6 Å². The van der Waals surface area contributed by atoms with Gasteiger partial charge in [0.1, 0.15) is 23.1 Å². The van der Waals surface area contributed by atoms with Gasteiger partial charge in [0.05, 0.1) is 17.5 Å². The fourth-order valence-corrected chi connectivity index (χ4v) is 5.52. The van der Waals surface area contributed by atoms with Gasteiger partial charge < -0.3 is 20.7 Å². The Morgan fingerprint density at radius 3 is 2.23 bits per heavy atom. The molecular weight excluding hydrogens is 592 g/mol. The van der Waals surface area contributed by atoms with E-state index in [-0.39, 0.29) is 11.7 Å². The molecule has 0 bridgehead atoms. The molecule has 13 heteroatoms. The number of ether oxygens (including phenoxy) is 1. The summed E-state index contributed by atoms with van der Waals surface area (Å²) in [5, 5.41) is 2.47. The van der Waals surface area contributed by atoms with E-state index in [1.807, 2.05) is 24.3 Å². The number of nitrogens with one attached hydrogen (secondary N) is 2. The van der Waals surface area contributed by atoms with Crippen molar-refractivity contribution in [1.82, 2.24) is 9.80 Å². The number of rotatable bonds is 12. The molecule has 1 aliphatic rings. The molecule has 0 atom stereocenters. The number of sulfonamides is 1. The summed E-state index contributed by atoms with van der Waals surface area (Å²) < 4.78 is 59.3. The number of urea groups is 1. The van der Waals surface area contributed by atoms with Crippen LogP contribution in [0.4, 0.5) is 25.0 Å². The van der Waals surface area contributed by atoms with Gasteiger partial charge in [0, 0.05) is 44.0 Å². The molecule has 1 fully saturated rings. The van der Waals surface area contributed by atoms with Crippen LogP contribution in [0.3, 0.4) is 0 Å². The van der Waals surface area contributed by atoms with Crippen molar-refractivity contribution in [2.24, 2.45) is 5.73 Å². The summed E-state index contributed by atoms with van der Waals surface area (Å²) in [5.74, 6) is -1.95. The van der Waals surface area contributed by atoms with E-state index in [1.165, 1.54) is 0 Å². The SMILES string of the molecule is C=CCCN(C(=O)Nc1cc(C(N)=O)c(F)cc1F)C1CCN(Cc2ccc(Oc3ccc(NS(C)(=O)=O)cc3)cc2)CC1. The summed E-state index contributed by atoms with van der Waals surface area (Å²) in [6.45, 7) is 6.25. The van der Waals surface area contributed by atoms with E-state index in [1.54, 1.807) is 35.2 Å². The molecule has 1 saturated heterocycles. The first-order chi connectivity index (χ1) is 20.9. The Morgan fingerprint density at radius 2 is 1.66 bits per heavy atom. The van der Waals surface area contributed by atoms with Crippen LogP contribution in [-0.4, -0.2) is 62.1 Å². The topological polar surface area (TPSA) is 134 Å². The molecule has 0 radical (unpaired) electrons. The van der Waals surface area contributed by atoms with Gasteiger partial charge in [0.15, 0.2) is 0 Å². The Hall–Kier alpha value is -4.49. The number of likely N-dealkylation sites (tertiary alicyclic amines) is 1. The number of nitrogens with two attached hydrogens (primary N) is 1. The normalized spacial score (nSPS) is 14.1. The zero-order valence-corrected chi connectivity index (χ0v) is 25.1. The number of hydrogen-bond acceptors (Lipinski definition) is 6. The highest BCUT2D eigenvalue weighted by molar-refractivity contribution is 7.92. The lowest BCUT2D eigenvalue weighted by atomic mass is 10.0. The number of carbonyl (C=O) groups is 2. The second-order valence-corrected chi connectivity index (χ2v) is 12.3. The van der Waals surface area contributed by atoms with Gasteiger partial charge in [-0.05, 0) is 67.3 Å². The Kier molecular flexibility index (Phi) is 10.6. The van der Waals surface area contributed by atoms with Crippen LogP contribution >= 0.6 is 0 Å². The van der Waals surface area contributed by atoms with Crippen LogP contribution in [0.1, 0.15) is 35.2 Å². The predicted octanol–water partition coefficient (Wildman–Crippen LogP) is 5.30. The van der Waals surface area contributed by atoms with E-state index in [0.29, 0.717) is 55.6 Å². The Morgan fingerprint density at radius 1 is 1.05 bits per heavy atom. The molecule has 4 rings (SSSR count). The monoisotopic (exact) mass is 627 g/mol. The smallest absolute Gasteiger partial charge is 0.322 e. The summed E-state index contributed by atoms with van der Waals surface area (Å²) in [6, 6.07) is 15.1. The quantitative estimate of drug-likeness (QED) is 0.233. The molecule has 3 aromatic rings. The molecule has 0 unspecified atom stereocenters. The lowest BCUT2D eigenvalue weighted by Gasteiger charge is -2.38. The van der Waals surface area contributed by atoms with Crippen molar-refractivity contribution in [3.8, 4) is 11.5 Å². The maximum Gasteiger partial charge on any atom is 0.322 e. The van der Waals surface area contributed by atoms with Crippen LogP contribution in [0.5, 0.6) is 11.5 Å². The largest absolute Gasteiger partial charge is 0.457 e. The maximum atomic E-state index is 14.4. The number of carbonyl (C=O) groups excluding carboxylic acids is 2. The molecule has 1 aliphatic heterocycles. The van der Waals surface area contributed by atoms with E-state index in [2.05, 4.69) is 21.5 Å². The van der Waals surface area contributed by atoms with E-state index in [0.717, 1.165) is 31.0 Å². The summed E-state index contributed by atoms with van der Waals surface area (Å²) in [4.78, 5) is 28.6. The lowest BCUT2D eigenvalue weighted by Crippen LogP contribution is -2.49. The fraction of sp³-hybridized carbons (Fsp3) is 0.290. The number of benzene rings is 3. The minimum atomic E-state index is -3.35. The van der Waals surface area contributed by atoms with Gasteiger partial charge in [-0.25, -0.2) is 22.0 Å². The van der Waals surface area contributed by atoms with Crippen molar-refractivity contribution >= 4 is 33.3 Å². The number of piperidine rings is 1. The first-order valence-corrected chi connectivity index (χ1v) is 15.9. The molecule has 0 aromatic heterocycles. The van der Waals surface area contributed by atoms with Gasteiger partial charge in [-0.15, -0.1) is 6.58 Å². The third-order valence-electron chi connectivity index (χ3n) is 7.12. The van der Waals surface area contributed by atoms with E-state index in [9.17, 15) is 26.8 Å². The summed E-state index contributed by atoms with van der Waals surface area (Å²) in [5.41, 5.74) is 5.87. The number of nitrogens with zero attached hydrogens (tertiary/aromatic N) is 2. The minimum absolute atomic E-state index is 0.111. The molecule has 234 valence electrons. The zero-order valence-electron chi connectivity index (χ0n) is 24.3. The van der Waals surface area contributed by atoms with Crippen molar-refractivity contribution < 1.29 is 31.5 Å². The van der Waals surface area contributed by atoms with Gasteiger partial charge in [0.25, 0.3) is 5.91 Å². The molecule has 0 spiro atoms. The number of hydrogen-bond donors (Lipinski definition) is 3. The molecule has 3 aromatic carbocycles. The lowest BCUT2D eigenvalue weighted by molar-refractivity contribution is 0.0996. The Bertz CT molecular complexity index is 1590. The first-order valence-electron chi connectivity index (χ1n) is 14.0. The standard InChI is InChI=1S/C31H35F2N5O5S/c1-3-4-15-38(31(40)35-29-18-26(30(34)39)27(32)19-28(29)33)23-13-16-37(17-14-23)20-21-5-9-24(10-6-21)43-25-11-7-22(8-12-25)36-44(2,41)42/h3,5-12,18-19,23,36H,1,4,13-17,20H2,2H3,(H2,34,39)(H,35,40).